The smallest absolute Gasteiger partial charge is 0.248 e. The van der Waals surface area contributed by atoms with Crippen LogP contribution in [0.15, 0.2) is 30.6 Å². The maximum absolute atomic E-state index is 13.2. The average molecular weight is 333 g/mol. The normalized spacial score (nSPS) is 15.3. The van der Waals surface area contributed by atoms with Crippen LogP contribution in [0.4, 0.5) is 10.3 Å². The first-order valence-electron chi connectivity index (χ1n) is 7.90. The molecule has 1 fully saturated rings. The van der Waals surface area contributed by atoms with Gasteiger partial charge in [0.25, 0.3) is 0 Å². The van der Waals surface area contributed by atoms with Gasteiger partial charge in [0, 0.05) is 6.04 Å². The lowest BCUT2D eigenvalue weighted by Gasteiger charge is -2.23. The first-order chi connectivity index (χ1) is 11.2. The minimum absolute atomic E-state index is 0.251. The Labute approximate surface area is 140 Å². The largest absolute Gasteiger partial charge is 0.360 e. The second-order valence-corrected chi connectivity index (χ2v) is 6.24. The van der Waals surface area contributed by atoms with Crippen LogP contribution in [0, 0.1) is 5.82 Å². The van der Waals surface area contributed by atoms with E-state index in [1.165, 1.54) is 31.4 Å². The van der Waals surface area contributed by atoms with E-state index in [0.29, 0.717) is 23.6 Å². The number of thiocarbonyl (C=S) groups is 1. The fourth-order valence-corrected chi connectivity index (χ4v) is 3.08. The van der Waals surface area contributed by atoms with Gasteiger partial charge < -0.3 is 5.32 Å². The molecule has 0 unspecified atom stereocenters. The van der Waals surface area contributed by atoms with Crippen molar-refractivity contribution >= 4 is 23.3 Å². The van der Waals surface area contributed by atoms with E-state index in [-0.39, 0.29) is 5.82 Å². The summed E-state index contributed by atoms with van der Waals surface area (Å²) in [7, 11) is 0. The Kier molecular flexibility index (Phi) is 5.17. The standard InChI is InChI=1S/C16H20FN5S/c17-13-6-4-5-12(9-13)10-22-11-18-15(21-22)20-16(23)19-14-7-2-1-3-8-14/h4-6,9,11,14H,1-3,7-8,10H2,(H2,19,20,21,23). The zero-order valence-electron chi connectivity index (χ0n) is 12.8. The Balaban J connectivity index is 1.53. The van der Waals surface area contributed by atoms with Crippen LogP contribution in [-0.4, -0.2) is 25.9 Å². The SMILES string of the molecule is Fc1cccc(Cn2cnc(NC(=S)NC3CCCCC3)n2)c1. The van der Waals surface area contributed by atoms with Gasteiger partial charge in [-0.05, 0) is 42.8 Å². The van der Waals surface area contributed by atoms with Crippen molar-refractivity contribution in [1.82, 2.24) is 20.1 Å². The van der Waals surface area contributed by atoms with Gasteiger partial charge in [0.1, 0.15) is 12.1 Å². The Hall–Kier alpha value is -2.02. The third-order valence-corrected chi connectivity index (χ3v) is 4.16. The maximum Gasteiger partial charge on any atom is 0.248 e. The fourth-order valence-electron chi connectivity index (χ4n) is 2.82. The lowest BCUT2D eigenvalue weighted by molar-refractivity contribution is 0.414. The van der Waals surface area contributed by atoms with E-state index < -0.39 is 0 Å². The number of benzene rings is 1. The molecule has 1 aromatic carbocycles. The molecule has 0 radical (unpaired) electrons. The summed E-state index contributed by atoms with van der Waals surface area (Å²) < 4.78 is 14.8. The van der Waals surface area contributed by atoms with Crippen molar-refractivity contribution in [3.8, 4) is 0 Å². The minimum atomic E-state index is -0.251. The molecule has 1 aliphatic carbocycles. The first-order valence-corrected chi connectivity index (χ1v) is 8.31. The highest BCUT2D eigenvalue weighted by Gasteiger charge is 2.14. The molecule has 2 aromatic rings. The van der Waals surface area contributed by atoms with Crippen LogP contribution >= 0.6 is 12.2 Å². The molecule has 23 heavy (non-hydrogen) atoms. The highest BCUT2D eigenvalue weighted by Crippen LogP contribution is 2.17. The summed E-state index contributed by atoms with van der Waals surface area (Å²) in [6.45, 7) is 0.468. The zero-order chi connectivity index (χ0) is 16.1. The summed E-state index contributed by atoms with van der Waals surface area (Å²) in [5.41, 5.74) is 0.837. The van der Waals surface area contributed by atoms with Crippen molar-refractivity contribution in [2.75, 3.05) is 5.32 Å². The molecule has 7 heteroatoms. The number of nitrogens with zero attached hydrogens (tertiary/aromatic N) is 3. The summed E-state index contributed by atoms with van der Waals surface area (Å²) in [5.74, 6) is 0.202. The quantitative estimate of drug-likeness (QED) is 0.842. The molecular formula is C16H20FN5S. The second kappa shape index (κ2) is 7.50. The summed E-state index contributed by atoms with van der Waals surface area (Å²) in [6, 6.07) is 6.90. The van der Waals surface area contributed by atoms with Crippen LogP contribution in [0.25, 0.3) is 0 Å². The van der Waals surface area contributed by atoms with E-state index in [4.69, 9.17) is 12.2 Å². The molecule has 0 spiro atoms. The molecule has 0 aliphatic heterocycles. The number of hydrogen-bond acceptors (Lipinski definition) is 3. The van der Waals surface area contributed by atoms with Crippen LogP contribution in [0.3, 0.4) is 0 Å². The molecule has 122 valence electrons. The van der Waals surface area contributed by atoms with Gasteiger partial charge in [-0.2, -0.15) is 0 Å². The van der Waals surface area contributed by atoms with E-state index in [2.05, 4.69) is 20.7 Å². The summed E-state index contributed by atoms with van der Waals surface area (Å²) in [4.78, 5) is 4.19. The maximum atomic E-state index is 13.2. The monoisotopic (exact) mass is 333 g/mol. The molecule has 1 aliphatic rings. The van der Waals surface area contributed by atoms with Crippen molar-refractivity contribution in [3.63, 3.8) is 0 Å². The molecule has 0 atom stereocenters. The summed E-state index contributed by atoms with van der Waals surface area (Å²) in [6.07, 6.45) is 7.73. The lowest BCUT2D eigenvalue weighted by Crippen LogP contribution is -2.39. The molecule has 1 aromatic heterocycles. The highest BCUT2D eigenvalue weighted by atomic mass is 32.1. The highest BCUT2D eigenvalue weighted by molar-refractivity contribution is 7.80. The van der Waals surface area contributed by atoms with Crippen LogP contribution < -0.4 is 10.6 Å². The molecule has 3 rings (SSSR count). The van der Waals surface area contributed by atoms with E-state index in [1.807, 2.05) is 6.07 Å². The van der Waals surface area contributed by atoms with Gasteiger partial charge in [0.2, 0.25) is 5.95 Å². The molecule has 1 saturated carbocycles. The van der Waals surface area contributed by atoms with Crippen LogP contribution in [0.2, 0.25) is 0 Å². The van der Waals surface area contributed by atoms with E-state index in [9.17, 15) is 4.39 Å². The zero-order valence-corrected chi connectivity index (χ0v) is 13.7. The van der Waals surface area contributed by atoms with Gasteiger partial charge >= 0.3 is 0 Å². The number of aromatic nitrogens is 3. The van der Waals surface area contributed by atoms with E-state index in [0.717, 1.165) is 18.4 Å². The molecule has 0 bridgehead atoms. The molecule has 5 nitrogen and oxygen atoms in total. The van der Waals surface area contributed by atoms with Crippen molar-refractivity contribution in [1.29, 1.82) is 0 Å². The van der Waals surface area contributed by atoms with Crippen molar-refractivity contribution < 1.29 is 4.39 Å². The second-order valence-electron chi connectivity index (χ2n) is 5.83. The summed E-state index contributed by atoms with van der Waals surface area (Å²) in [5, 5.41) is 11.2. The third kappa shape index (κ3) is 4.72. The Morgan fingerprint density at radius 1 is 1.30 bits per heavy atom. The van der Waals surface area contributed by atoms with Crippen LogP contribution in [-0.2, 0) is 6.54 Å². The van der Waals surface area contributed by atoms with Gasteiger partial charge in [-0.3, -0.25) is 5.32 Å². The predicted octanol–water partition coefficient (Wildman–Crippen LogP) is 3.08. The van der Waals surface area contributed by atoms with Gasteiger partial charge in [0.15, 0.2) is 5.11 Å². The number of hydrogen-bond donors (Lipinski definition) is 2. The summed E-state index contributed by atoms with van der Waals surface area (Å²) >= 11 is 5.31. The molecule has 2 N–H and O–H groups in total. The van der Waals surface area contributed by atoms with Crippen molar-refractivity contribution in [2.24, 2.45) is 0 Å². The fraction of sp³-hybridized carbons (Fsp3) is 0.438. The average Bonchev–Trinajstić information content (AvgIpc) is 2.95. The van der Waals surface area contributed by atoms with E-state index in [1.54, 1.807) is 17.1 Å². The van der Waals surface area contributed by atoms with Crippen molar-refractivity contribution in [3.05, 3.63) is 42.0 Å². The molecule has 0 amide bonds. The van der Waals surface area contributed by atoms with E-state index >= 15 is 0 Å². The molecule has 0 saturated heterocycles. The number of anilines is 1. The topological polar surface area (TPSA) is 54.8 Å². The molecular weight excluding hydrogens is 313 g/mol. The molecule has 1 heterocycles. The minimum Gasteiger partial charge on any atom is -0.360 e. The van der Waals surface area contributed by atoms with Crippen LogP contribution in [0.5, 0.6) is 0 Å². The Bertz CT molecular complexity index is 666. The number of nitrogens with one attached hydrogen (secondary N) is 2. The Morgan fingerprint density at radius 2 is 2.13 bits per heavy atom. The number of rotatable bonds is 4. The van der Waals surface area contributed by atoms with Gasteiger partial charge in [-0.1, -0.05) is 31.4 Å². The van der Waals surface area contributed by atoms with Crippen LogP contribution in [0.1, 0.15) is 37.7 Å². The predicted molar refractivity (Wildman–Crippen MR) is 91.8 cm³/mol. The van der Waals surface area contributed by atoms with Gasteiger partial charge in [0.05, 0.1) is 6.54 Å². The number of halogens is 1. The van der Waals surface area contributed by atoms with Gasteiger partial charge in [-0.15, -0.1) is 5.10 Å². The van der Waals surface area contributed by atoms with Gasteiger partial charge in [-0.25, -0.2) is 14.1 Å². The third-order valence-electron chi connectivity index (χ3n) is 3.94. The first kappa shape index (κ1) is 15.9. The lowest BCUT2D eigenvalue weighted by atomic mass is 9.96. The Morgan fingerprint density at radius 3 is 2.91 bits per heavy atom. The van der Waals surface area contributed by atoms with Crippen molar-refractivity contribution in [2.45, 2.75) is 44.7 Å².